The molecule has 1 saturated heterocycles. The molecule has 2 aromatic rings. The number of hydrogen-bond donors (Lipinski definition) is 7. The van der Waals surface area contributed by atoms with Gasteiger partial charge in [-0.15, -0.1) is 0 Å². The molecule has 14 heteroatoms. The molecule has 14 nitrogen and oxygen atoms in total. The smallest absolute Gasteiger partial charge is 0.320 e. The van der Waals surface area contributed by atoms with Crippen LogP contribution in [0.1, 0.15) is 54.3 Å². The number of nitrogens with one attached hydrogen (secondary N) is 3. The van der Waals surface area contributed by atoms with Crippen LogP contribution in [0.5, 0.6) is 0 Å². The quantitative estimate of drug-likeness (QED) is 0.152. The number of aliphatic hydroxyl groups excluding tert-OH is 3. The van der Waals surface area contributed by atoms with E-state index in [9.17, 15) is 44.4 Å². The Balaban J connectivity index is 1.49. The first-order valence-electron chi connectivity index (χ1n) is 14.4. The van der Waals surface area contributed by atoms with E-state index in [1.807, 2.05) is 38.1 Å². The lowest BCUT2D eigenvalue weighted by molar-refractivity contribution is -0.248. The summed E-state index contributed by atoms with van der Waals surface area (Å²) in [6.07, 6.45) is -4.53. The second-order valence-corrected chi connectivity index (χ2v) is 11.6. The summed E-state index contributed by atoms with van der Waals surface area (Å²) >= 11 is 0. The topological polar surface area (TPSA) is 215 Å². The van der Waals surface area contributed by atoms with Crippen molar-refractivity contribution in [2.75, 3.05) is 13.2 Å². The molecule has 238 valence electrons. The average Bonchev–Trinajstić information content (AvgIpc) is 3.18. The van der Waals surface area contributed by atoms with Gasteiger partial charge in [-0.25, -0.2) is 0 Å². The second kappa shape index (κ2) is 13.8. The Kier molecular flexibility index (Phi) is 10.3. The number of carbonyl (C=O) groups is 5. The van der Waals surface area contributed by atoms with Crippen molar-refractivity contribution >= 4 is 40.4 Å². The predicted octanol–water partition coefficient (Wildman–Crippen LogP) is -0.452. The van der Waals surface area contributed by atoms with Crippen LogP contribution >= 0.6 is 0 Å². The number of fused-ring (bicyclic) bond motifs is 2. The van der Waals surface area contributed by atoms with Gasteiger partial charge in [0.25, 0.3) is 11.8 Å². The molecular formula is C30H38N4O10. The third-order valence-corrected chi connectivity index (χ3v) is 7.85. The van der Waals surface area contributed by atoms with Crippen LogP contribution < -0.4 is 16.0 Å². The Bertz CT molecular complexity index is 1380. The summed E-state index contributed by atoms with van der Waals surface area (Å²) in [6, 6.07) is 6.80. The first-order valence-corrected chi connectivity index (χ1v) is 14.4. The lowest BCUT2D eigenvalue weighted by atomic mass is 9.91. The summed E-state index contributed by atoms with van der Waals surface area (Å²) in [5.41, 5.74) is 0.470. The molecule has 4 rings (SSSR count). The van der Waals surface area contributed by atoms with Crippen molar-refractivity contribution in [2.45, 2.75) is 70.4 Å². The minimum Gasteiger partial charge on any atom is -0.480 e. The number of carboxylic acids is 1. The van der Waals surface area contributed by atoms with Crippen molar-refractivity contribution in [3.05, 3.63) is 47.5 Å². The van der Waals surface area contributed by atoms with Crippen LogP contribution in [0.25, 0.3) is 10.8 Å². The first kappa shape index (κ1) is 33.0. The standard InChI is InChI=1S/C30H38N4O10/c1-14(2)10-22(25(38)33-23-24(37)20(13-35)30(43)44-26(23)31-15(3)36)32-21(29(41)42)8-9-34-27(39)18-11-16-6-4-5-7-17(16)12-19(18)28(34)40/h4-7,11-12,14,20-24,26,30,32,35,37,43H,8-10,13H2,1-3H3,(H,31,36)(H,33,38)(H,41,42)/t20?,21-,22+,23?,24?,26?,30?/m1/s1. The average molecular weight is 615 g/mol. The fraction of sp³-hybridized carbons (Fsp3) is 0.500. The fourth-order valence-corrected chi connectivity index (χ4v) is 5.58. The Morgan fingerprint density at radius 2 is 1.57 bits per heavy atom. The minimum atomic E-state index is -1.62. The molecule has 2 aromatic carbocycles. The molecule has 0 spiro atoms. The van der Waals surface area contributed by atoms with E-state index >= 15 is 0 Å². The maximum absolute atomic E-state index is 13.5. The van der Waals surface area contributed by atoms with Crippen molar-refractivity contribution < 1.29 is 49.1 Å². The summed E-state index contributed by atoms with van der Waals surface area (Å²) in [7, 11) is 0. The van der Waals surface area contributed by atoms with Crippen LogP contribution in [-0.4, -0.2) is 105 Å². The zero-order valence-electron chi connectivity index (χ0n) is 24.6. The summed E-state index contributed by atoms with van der Waals surface area (Å²) in [5, 5.41) is 49.9. The van der Waals surface area contributed by atoms with E-state index in [1.165, 1.54) is 6.92 Å². The van der Waals surface area contributed by atoms with Gasteiger partial charge in [-0.05, 0) is 41.7 Å². The number of hydrogen-bond acceptors (Lipinski definition) is 10. The number of benzene rings is 2. The lowest BCUT2D eigenvalue weighted by Crippen LogP contribution is -2.67. The highest BCUT2D eigenvalue weighted by molar-refractivity contribution is 6.23. The van der Waals surface area contributed by atoms with E-state index in [-0.39, 0.29) is 36.4 Å². The summed E-state index contributed by atoms with van der Waals surface area (Å²) in [5.74, 6) is -4.96. The summed E-state index contributed by atoms with van der Waals surface area (Å²) < 4.78 is 5.34. The van der Waals surface area contributed by atoms with Crippen molar-refractivity contribution in [1.29, 1.82) is 0 Å². The van der Waals surface area contributed by atoms with Crippen molar-refractivity contribution in [1.82, 2.24) is 20.9 Å². The van der Waals surface area contributed by atoms with Gasteiger partial charge in [0.15, 0.2) is 12.5 Å². The van der Waals surface area contributed by atoms with Gasteiger partial charge >= 0.3 is 5.97 Å². The van der Waals surface area contributed by atoms with Crippen LogP contribution in [0.2, 0.25) is 0 Å². The number of rotatable bonds is 12. The van der Waals surface area contributed by atoms with Crippen LogP contribution in [0, 0.1) is 11.8 Å². The van der Waals surface area contributed by atoms with Gasteiger partial charge in [-0.2, -0.15) is 0 Å². The van der Waals surface area contributed by atoms with E-state index in [1.54, 1.807) is 12.1 Å². The van der Waals surface area contributed by atoms with Crippen LogP contribution in [0.15, 0.2) is 36.4 Å². The van der Waals surface area contributed by atoms with E-state index in [0.29, 0.717) is 0 Å². The molecule has 44 heavy (non-hydrogen) atoms. The first-order chi connectivity index (χ1) is 20.8. The number of nitrogens with zero attached hydrogens (tertiary/aromatic N) is 1. The van der Waals surface area contributed by atoms with E-state index in [2.05, 4.69) is 16.0 Å². The van der Waals surface area contributed by atoms with Gasteiger partial charge in [0, 0.05) is 13.5 Å². The van der Waals surface area contributed by atoms with Crippen molar-refractivity contribution in [2.24, 2.45) is 11.8 Å². The van der Waals surface area contributed by atoms with E-state index in [4.69, 9.17) is 4.74 Å². The molecule has 0 bridgehead atoms. The highest BCUT2D eigenvalue weighted by Crippen LogP contribution is 2.28. The lowest BCUT2D eigenvalue weighted by Gasteiger charge is -2.43. The molecule has 4 amide bonds. The Morgan fingerprint density at radius 1 is 0.977 bits per heavy atom. The third kappa shape index (κ3) is 7.05. The summed E-state index contributed by atoms with van der Waals surface area (Å²) in [4.78, 5) is 64.7. The molecule has 0 saturated carbocycles. The molecule has 0 aromatic heterocycles. The Labute approximate surface area is 253 Å². The van der Waals surface area contributed by atoms with Gasteiger partial charge < -0.3 is 35.8 Å². The third-order valence-electron chi connectivity index (χ3n) is 7.85. The number of amides is 4. The van der Waals surface area contributed by atoms with Crippen LogP contribution in [-0.2, 0) is 19.1 Å². The zero-order chi connectivity index (χ0) is 32.3. The maximum atomic E-state index is 13.5. The number of aliphatic carboxylic acids is 1. The van der Waals surface area contributed by atoms with Gasteiger partial charge in [-0.1, -0.05) is 38.1 Å². The monoisotopic (exact) mass is 614 g/mol. The normalized spacial score (nSPS) is 24.7. The molecule has 2 aliphatic rings. The highest BCUT2D eigenvalue weighted by atomic mass is 16.6. The number of imide groups is 1. The van der Waals surface area contributed by atoms with Crippen molar-refractivity contribution in [3.8, 4) is 0 Å². The molecule has 1 fully saturated rings. The molecule has 0 aliphatic carbocycles. The molecular weight excluding hydrogens is 576 g/mol. The second-order valence-electron chi connectivity index (χ2n) is 11.6. The van der Waals surface area contributed by atoms with Gasteiger partial charge in [0.2, 0.25) is 11.8 Å². The zero-order valence-corrected chi connectivity index (χ0v) is 24.6. The number of aliphatic hydroxyl groups is 3. The van der Waals surface area contributed by atoms with Gasteiger partial charge in [-0.3, -0.25) is 34.2 Å². The molecule has 2 aliphatic heterocycles. The minimum absolute atomic E-state index is 0.0938. The molecule has 2 heterocycles. The number of carbonyl (C=O) groups excluding carboxylic acids is 4. The fourth-order valence-electron chi connectivity index (χ4n) is 5.58. The maximum Gasteiger partial charge on any atom is 0.320 e. The van der Waals surface area contributed by atoms with Gasteiger partial charge in [0.1, 0.15) is 12.1 Å². The number of carboxylic acid groups (broad SMARTS) is 1. The van der Waals surface area contributed by atoms with Gasteiger partial charge in [0.05, 0.1) is 35.8 Å². The van der Waals surface area contributed by atoms with Crippen molar-refractivity contribution in [3.63, 3.8) is 0 Å². The molecule has 0 radical (unpaired) electrons. The Morgan fingerprint density at radius 3 is 2.07 bits per heavy atom. The molecule has 7 N–H and O–H groups in total. The number of ether oxygens (including phenoxy) is 1. The molecule has 5 unspecified atom stereocenters. The summed E-state index contributed by atoms with van der Waals surface area (Å²) in [6.45, 7) is 3.91. The predicted molar refractivity (Wildman–Crippen MR) is 155 cm³/mol. The SMILES string of the molecule is CC(=O)NC1OC(O)C(CO)C(O)C1NC(=O)[C@H](CC(C)C)N[C@H](CCN1C(=O)c2cc3ccccc3cc2C1=O)C(=O)O. The largest absolute Gasteiger partial charge is 0.480 e. The molecule has 7 atom stereocenters. The van der Waals surface area contributed by atoms with Crippen LogP contribution in [0.3, 0.4) is 0 Å². The highest BCUT2D eigenvalue weighted by Gasteiger charge is 2.46. The Hall–Kier alpha value is -3.95. The van der Waals surface area contributed by atoms with E-state index in [0.717, 1.165) is 15.7 Å². The van der Waals surface area contributed by atoms with Crippen LogP contribution in [0.4, 0.5) is 0 Å². The van der Waals surface area contributed by atoms with E-state index < -0.39 is 78.9 Å².